The molecule has 0 N–H and O–H groups in total. The molecular weight excluding hydrogens is 721 g/mol. The number of phosphoric acid groups is 1. The second-order valence-electron chi connectivity index (χ2n) is 15.3. The molecule has 8 nitrogen and oxygen atoms in total. The van der Waals surface area contributed by atoms with Gasteiger partial charge < -0.3 is 27.9 Å². The number of phosphoric ester groups is 1. The Morgan fingerprint density at radius 1 is 0.571 bits per heavy atom. The van der Waals surface area contributed by atoms with Crippen molar-refractivity contribution in [2.24, 2.45) is 0 Å². The second kappa shape index (κ2) is 39.5. The maximum absolute atomic E-state index is 12.7. The number of allylic oxidation sites excluding steroid dienone is 14. The number of nitrogens with zero attached hydrogens (tertiary/aromatic N) is 1. The maximum Gasteiger partial charge on any atom is 0.306 e. The molecule has 0 aliphatic rings. The molecular formula is C47H82NO7P. The summed E-state index contributed by atoms with van der Waals surface area (Å²) in [5.74, 6) is -0.367. The van der Waals surface area contributed by atoms with E-state index >= 15 is 0 Å². The van der Waals surface area contributed by atoms with E-state index in [4.69, 9.17) is 18.5 Å². The smallest absolute Gasteiger partial charge is 0.306 e. The van der Waals surface area contributed by atoms with Crippen molar-refractivity contribution in [3.8, 4) is 0 Å². The SMILES string of the molecule is CC/C=C\C/C=C\C/C=C\C/C=C\C/C=C\C/C=C\CCCOCC(COP(=O)([O-])OCC[N+](C)(C)C)OC(=O)CCCCCCC/C=C\CCCCCCC. The quantitative estimate of drug-likeness (QED) is 0.0201. The van der Waals surface area contributed by atoms with Gasteiger partial charge in [-0.25, -0.2) is 0 Å². The minimum Gasteiger partial charge on any atom is -0.756 e. The summed E-state index contributed by atoms with van der Waals surface area (Å²) in [6.07, 6.45) is 51.8. The highest BCUT2D eigenvalue weighted by molar-refractivity contribution is 7.45. The first kappa shape index (κ1) is 53.7. The lowest BCUT2D eigenvalue weighted by atomic mass is 10.1. The number of ether oxygens (including phenoxy) is 2. The van der Waals surface area contributed by atoms with E-state index < -0.39 is 13.9 Å². The van der Waals surface area contributed by atoms with Crippen molar-refractivity contribution >= 4 is 13.8 Å². The molecule has 322 valence electrons. The molecule has 2 atom stereocenters. The molecule has 0 aliphatic heterocycles. The molecule has 0 amide bonds. The van der Waals surface area contributed by atoms with Gasteiger partial charge in [0.1, 0.15) is 19.3 Å². The Labute approximate surface area is 344 Å². The van der Waals surface area contributed by atoms with Crippen LogP contribution in [-0.2, 0) is 27.9 Å². The predicted octanol–water partition coefficient (Wildman–Crippen LogP) is 12.2. The summed E-state index contributed by atoms with van der Waals surface area (Å²) >= 11 is 0. The molecule has 9 heteroatoms. The summed E-state index contributed by atoms with van der Waals surface area (Å²) in [5, 5.41) is 0. The molecule has 0 aromatic heterocycles. The zero-order valence-corrected chi connectivity index (χ0v) is 37.2. The first-order chi connectivity index (χ1) is 27.1. The normalized spacial score (nSPS) is 14.6. The molecule has 0 aromatic rings. The Morgan fingerprint density at radius 3 is 1.57 bits per heavy atom. The van der Waals surface area contributed by atoms with Gasteiger partial charge in [0.2, 0.25) is 0 Å². The first-order valence-corrected chi connectivity index (χ1v) is 23.3. The van der Waals surface area contributed by atoms with E-state index in [-0.39, 0.29) is 32.2 Å². The molecule has 0 rings (SSSR count). The fourth-order valence-electron chi connectivity index (χ4n) is 5.32. The zero-order chi connectivity index (χ0) is 41.3. The summed E-state index contributed by atoms with van der Waals surface area (Å²) in [6.45, 7) is 5.09. The highest BCUT2D eigenvalue weighted by Gasteiger charge is 2.20. The largest absolute Gasteiger partial charge is 0.756 e. The van der Waals surface area contributed by atoms with Gasteiger partial charge in [-0.1, -0.05) is 144 Å². The van der Waals surface area contributed by atoms with Crippen molar-refractivity contribution in [1.82, 2.24) is 0 Å². The molecule has 0 aromatic carbocycles. The van der Waals surface area contributed by atoms with Crippen molar-refractivity contribution in [3.05, 3.63) is 85.1 Å². The van der Waals surface area contributed by atoms with Crippen molar-refractivity contribution < 1.29 is 37.3 Å². The van der Waals surface area contributed by atoms with Gasteiger partial charge >= 0.3 is 5.97 Å². The van der Waals surface area contributed by atoms with Gasteiger partial charge in [0.15, 0.2) is 0 Å². The number of quaternary nitrogens is 1. The minimum absolute atomic E-state index is 0.00917. The maximum atomic E-state index is 12.7. The summed E-state index contributed by atoms with van der Waals surface area (Å²) in [5.41, 5.74) is 0. The molecule has 0 saturated carbocycles. The lowest BCUT2D eigenvalue weighted by Gasteiger charge is -2.28. The van der Waals surface area contributed by atoms with E-state index in [1.54, 1.807) is 0 Å². The van der Waals surface area contributed by atoms with Gasteiger partial charge in [-0.2, -0.15) is 0 Å². The number of hydrogen-bond acceptors (Lipinski definition) is 7. The number of likely N-dealkylation sites (N-methyl/N-ethyl adjacent to an activating group) is 1. The third-order valence-electron chi connectivity index (χ3n) is 8.68. The van der Waals surface area contributed by atoms with Crippen LogP contribution in [0.25, 0.3) is 0 Å². The third kappa shape index (κ3) is 42.8. The lowest BCUT2D eigenvalue weighted by molar-refractivity contribution is -0.870. The zero-order valence-electron chi connectivity index (χ0n) is 36.3. The third-order valence-corrected chi connectivity index (χ3v) is 9.64. The van der Waals surface area contributed by atoms with Crippen LogP contribution in [0.5, 0.6) is 0 Å². The lowest BCUT2D eigenvalue weighted by Crippen LogP contribution is -2.37. The monoisotopic (exact) mass is 804 g/mol. The van der Waals surface area contributed by atoms with Gasteiger partial charge in [0.05, 0.1) is 34.4 Å². The number of carbonyl (C=O) groups is 1. The van der Waals surface area contributed by atoms with Gasteiger partial charge in [0, 0.05) is 13.0 Å². The van der Waals surface area contributed by atoms with Crippen molar-refractivity contribution in [1.29, 1.82) is 0 Å². The summed E-state index contributed by atoms with van der Waals surface area (Å²) in [7, 11) is 1.30. The van der Waals surface area contributed by atoms with Crippen LogP contribution in [0, 0.1) is 0 Å². The molecule has 0 radical (unpaired) electrons. The van der Waals surface area contributed by atoms with E-state index in [0.29, 0.717) is 17.6 Å². The molecule has 2 unspecified atom stereocenters. The van der Waals surface area contributed by atoms with Crippen LogP contribution in [-0.4, -0.2) is 70.7 Å². The Hall–Kier alpha value is -2.32. The van der Waals surface area contributed by atoms with Crippen molar-refractivity contribution in [2.75, 3.05) is 54.1 Å². The highest BCUT2D eigenvalue weighted by atomic mass is 31.2. The van der Waals surface area contributed by atoms with E-state index in [2.05, 4.69) is 98.9 Å². The topological polar surface area (TPSA) is 94.1 Å². The molecule has 56 heavy (non-hydrogen) atoms. The van der Waals surface area contributed by atoms with Crippen molar-refractivity contribution in [2.45, 2.75) is 155 Å². The average Bonchev–Trinajstić information content (AvgIpc) is 3.15. The molecule has 0 spiro atoms. The molecule has 0 fully saturated rings. The van der Waals surface area contributed by atoms with Crippen LogP contribution in [0.2, 0.25) is 0 Å². The standard InChI is InChI=1S/C47H82NO7P/c1-6-8-10-12-14-16-18-20-22-23-24-25-26-27-29-31-33-35-37-39-42-52-44-46(45-54-56(50,51)53-43-41-48(3,4)5)55-47(49)40-38-36-34-32-30-28-21-19-17-15-13-11-9-7-2/h8,10,14,16,19-22,24-25,27,29,33,35,46H,6-7,9,11-13,15,17-18,23,26,28,30-32,34,36-45H2,1-5H3/b10-8-,16-14-,21-19-,22-20-,25-24-,29-27-,35-33-. The number of carbonyl (C=O) groups excluding carboxylic acids is 1. The molecule has 0 heterocycles. The summed E-state index contributed by atoms with van der Waals surface area (Å²) in [6, 6.07) is 0. The Morgan fingerprint density at radius 2 is 1.04 bits per heavy atom. The van der Waals surface area contributed by atoms with E-state index in [1.807, 2.05) is 21.1 Å². The van der Waals surface area contributed by atoms with Crippen LogP contribution in [0.3, 0.4) is 0 Å². The number of unbranched alkanes of at least 4 members (excludes halogenated alkanes) is 11. The Bertz CT molecular complexity index is 1170. The van der Waals surface area contributed by atoms with E-state index in [1.165, 1.54) is 44.9 Å². The fraction of sp³-hybridized carbons (Fsp3) is 0.681. The molecule has 0 aliphatic carbocycles. The summed E-state index contributed by atoms with van der Waals surface area (Å²) in [4.78, 5) is 25.0. The average molecular weight is 804 g/mol. The van der Waals surface area contributed by atoms with Gasteiger partial charge in [-0.3, -0.25) is 9.36 Å². The van der Waals surface area contributed by atoms with Crippen LogP contribution in [0.4, 0.5) is 0 Å². The minimum atomic E-state index is -4.55. The predicted molar refractivity (Wildman–Crippen MR) is 235 cm³/mol. The number of hydrogen-bond donors (Lipinski definition) is 0. The number of rotatable bonds is 39. The molecule has 0 saturated heterocycles. The van der Waals surface area contributed by atoms with Crippen LogP contribution < -0.4 is 4.89 Å². The Balaban J connectivity index is 4.38. The van der Waals surface area contributed by atoms with Gasteiger partial charge in [-0.05, 0) is 83.5 Å². The van der Waals surface area contributed by atoms with Gasteiger partial charge in [0.25, 0.3) is 7.82 Å². The summed E-state index contributed by atoms with van der Waals surface area (Å²) < 4.78 is 34.5. The Kier molecular flexibility index (Phi) is 37.9. The fourth-order valence-corrected chi connectivity index (χ4v) is 6.05. The first-order valence-electron chi connectivity index (χ1n) is 21.8. The van der Waals surface area contributed by atoms with E-state index in [0.717, 1.165) is 83.5 Å². The van der Waals surface area contributed by atoms with Crippen LogP contribution in [0.15, 0.2) is 85.1 Å². The second-order valence-corrected chi connectivity index (χ2v) is 16.7. The highest BCUT2D eigenvalue weighted by Crippen LogP contribution is 2.38. The van der Waals surface area contributed by atoms with Gasteiger partial charge in [-0.15, -0.1) is 0 Å². The number of esters is 1. The van der Waals surface area contributed by atoms with Crippen LogP contribution >= 0.6 is 7.82 Å². The van der Waals surface area contributed by atoms with E-state index in [9.17, 15) is 14.3 Å². The van der Waals surface area contributed by atoms with Crippen molar-refractivity contribution in [3.63, 3.8) is 0 Å². The molecule has 0 bridgehead atoms. The van der Waals surface area contributed by atoms with Crippen LogP contribution in [0.1, 0.15) is 149 Å².